The number of halogens is 1. The van der Waals surface area contributed by atoms with Crippen molar-refractivity contribution in [3.05, 3.63) is 24.0 Å². The predicted molar refractivity (Wildman–Crippen MR) is 65.7 cm³/mol. The van der Waals surface area contributed by atoms with E-state index in [0.717, 1.165) is 0 Å². The van der Waals surface area contributed by atoms with Crippen LogP contribution in [0.2, 0.25) is 0 Å². The molecule has 17 heavy (non-hydrogen) atoms. The summed E-state index contributed by atoms with van der Waals surface area (Å²) in [5, 5.41) is 2.66. The minimum absolute atomic E-state index is 0.0882. The van der Waals surface area contributed by atoms with Gasteiger partial charge in [0.15, 0.2) is 11.6 Å². The van der Waals surface area contributed by atoms with Crippen molar-refractivity contribution in [2.24, 2.45) is 5.41 Å². The SMILES string of the molecule is COc1ccc(NC(=O)CC(C)(C)C)cc1F. The number of ether oxygens (including phenoxy) is 1. The topological polar surface area (TPSA) is 38.3 Å². The van der Waals surface area contributed by atoms with E-state index >= 15 is 0 Å². The van der Waals surface area contributed by atoms with Gasteiger partial charge in [-0.2, -0.15) is 0 Å². The standard InChI is InChI=1S/C13H18FNO2/c1-13(2,3)8-12(16)15-9-5-6-11(17-4)10(14)7-9/h5-7H,8H2,1-4H3,(H,15,16). The van der Waals surface area contributed by atoms with E-state index in [1.54, 1.807) is 6.07 Å². The van der Waals surface area contributed by atoms with Gasteiger partial charge in [0.2, 0.25) is 5.91 Å². The lowest BCUT2D eigenvalue weighted by atomic mass is 9.92. The Morgan fingerprint density at radius 2 is 2.06 bits per heavy atom. The summed E-state index contributed by atoms with van der Waals surface area (Å²) in [6, 6.07) is 4.35. The molecule has 0 aromatic heterocycles. The zero-order valence-corrected chi connectivity index (χ0v) is 10.6. The fourth-order valence-electron chi connectivity index (χ4n) is 1.43. The van der Waals surface area contributed by atoms with Gasteiger partial charge in [0.25, 0.3) is 0 Å². The second kappa shape index (κ2) is 5.17. The van der Waals surface area contributed by atoms with E-state index in [9.17, 15) is 9.18 Å². The first kappa shape index (κ1) is 13.5. The molecule has 0 saturated carbocycles. The molecule has 0 radical (unpaired) electrons. The smallest absolute Gasteiger partial charge is 0.224 e. The third kappa shape index (κ3) is 4.43. The summed E-state index contributed by atoms with van der Waals surface area (Å²) in [6.07, 6.45) is 0.390. The highest BCUT2D eigenvalue weighted by molar-refractivity contribution is 5.91. The number of hydrogen-bond acceptors (Lipinski definition) is 2. The molecule has 94 valence electrons. The van der Waals surface area contributed by atoms with Crippen LogP contribution in [0.1, 0.15) is 27.2 Å². The lowest BCUT2D eigenvalue weighted by Gasteiger charge is -2.17. The fourth-order valence-corrected chi connectivity index (χ4v) is 1.43. The summed E-state index contributed by atoms with van der Waals surface area (Å²) in [4.78, 5) is 11.6. The van der Waals surface area contributed by atoms with Gasteiger partial charge in [0.1, 0.15) is 0 Å². The van der Waals surface area contributed by atoms with Crippen molar-refractivity contribution in [2.75, 3.05) is 12.4 Å². The Hall–Kier alpha value is -1.58. The van der Waals surface area contributed by atoms with E-state index in [1.807, 2.05) is 20.8 Å². The summed E-state index contributed by atoms with van der Waals surface area (Å²) < 4.78 is 18.2. The van der Waals surface area contributed by atoms with Crippen LogP contribution in [-0.4, -0.2) is 13.0 Å². The second-order valence-corrected chi connectivity index (χ2v) is 5.13. The summed E-state index contributed by atoms with van der Waals surface area (Å²) >= 11 is 0. The lowest BCUT2D eigenvalue weighted by molar-refractivity contribution is -0.117. The molecule has 1 aromatic rings. The zero-order valence-electron chi connectivity index (χ0n) is 10.6. The second-order valence-electron chi connectivity index (χ2n) is 5.13. The van der Waals surface area contributed by atoms with Gasteiger partial charge in [0.05, 0.1) is 7.11 Å². The molecule has 1 aromatic carbocycles. The Morgan fingerprint density at radius 3 is 2.53 bits per heavy atom. The minimum atomic E-state index is -0.485. The fraction of sp³-hybridized carbons (Fsp3) is 0.462. The molecule has 3 nitrogen and oxygen atoms in total. The van der Waals surface area contributed by atoms with Crippen LogP contribution in [0.15, 0.2) is 18.2 Å². The van der Waals surface area contributed by atoms with E-state index in [1.165, 1.54) is 19.2 Å². The van der Waals surface area contributed by atoms with Crippen LogP contribution in [0, 0.1) is 11.2 Å². The van der Waals surface area contributed by atoms with E-state index in [2.05, 4.69) is 5.32 Å². The van der Waals surface area contributed by atoms with Crippen LogP contribution in [0.4, 0.5) is 10.1 Å². The number of nitrogens with one attached hydrogen (secondary N) is 1. The summed E-state index contributed by atoms with van der Waals surface area (Å²) in [7, 11) is 1.40. The van der Waals surface area contributed by atoms with Crippen LogP contribution in [-0.2, 0) is 4.79 Å². The molecule has 0 fully saturated rings. The number of methoxy groups -OCH3 is 1. The van der Waals surface area contributed by atoms with Gasteiger partial charge in [-0.15, -0.1) is 0 Å². The Kier molecular flexibility index (Phi) is 4.10. The molecule has 0 spiro atoms. The average molecular weight is 239 g/mol. The molecular weight excluding hydrogens is 221 g/mol. The normalized spacial score (nSPS) is 11.1. The molecule has 0 bridgehead atoms. The Balaban J connectivity index is 2.69. The van der Waals surface area contributed by atoms with Gasteiger partial charge in [-0.3, -0.25) is 4.79 Å². The molecule has 1 rings (SSSR count). The monoisotopic (exact) mass is 239 g/mol. The first-order valence-electron chi connectivity index (χ1n) is 5.45. The van der Waals surface area contributed by atoms with Gasteiger partial charge in [-0.05, 0) is 17.5 Å². The number of rotatable bonds is 3. The molecule has 0 aliphatic rings. The molecule has 0 saturated heterocycles. The number of carbonyl (C=O) groups excluding carboxylic acids is 1. The predicted octanol–water partition coefficient (Wildman–Crippen LogP) is 3.21. The van der Waals surface area contributed by atoms with Crippen molar-refractivity contribution in [2.45, 2.75) is 27.2 Å². The van der Waals surface area contributed by atoms with Crippen LogP contribution in [0.5, 0.6) is 5.75 Å². The van der Waals surface area contributed by atoms with Gasteiger partial charge >= 0.3 is 0 Å². The van der Waals surface area contributed by atoms with Crippen LogP contribution < -0.4 is 10.1 Å². The molecule has 0 unspecified atom stereocenters. The largest absolute Gasteiger partial charge is 0.494 e. The van der Waals surface area contributed by atoms with Crippen molar-refractivity contribution in [3.63, 3.8) is 0 Å². The summed E-state index contributed by atoms with van der Waals surface area (Å²) in [5.41, 5.74) is 0.354. The van der Waals surface area contributed by atoms with Crippen LogP contribution >= 0.6 is 0 Å². The third-order valence-corrected chi connectivity index (χ3v) is 2.13. The molecule has 0 heterocycles. The summed E-state index contributed by atoms with van der Waals surface area (Å²) in [5.74, 6) is -0.443. The minimum Gasteiger partial charge on any atom is -0.494 e. The number of benzene rings is 1. The van der Waals surface area contributed by atoms with E-state index in [0.29, 0.717) is 12.1 Å². The van der Waals surface area contributed by atoms with E-state index in [-0.39, 0.29) is 17.1 Å². The van der Waals surface area contributed by atoms with Crippen molar-refractivity contribution >= 4 is 11.6 Å². The van der Waals surface area contributed by atoms with Crippen molar-refractivity contribution < 1.29 is 13.9 Å². The first-order chi connectivity index (χ1) is 7.81. The molecule has 4 heteroatoms. The maximum absolute atomic E-state index is 13.4. The van der Waals surface area contributed by atoms with E-state index in [4.69, 9.17) is 4.74 Å². The first-order valence-corrected chi connectivity index (χ1v) is 5.45. The van der Waals surface area contributed by atoms with Gasteiger partial charge in [-0.25, -0.2) is 4.39 Å². The highest BCUT2D eigenvalue weighted by Crippen LogP contribution is 2.22. The molecule has 0 aliphatic heterocycles. The maximum Gasteiger partial charge on any atom is 0.224 e. The Morgan fingerprint density at radius 1 is 1.41 bits per heavy atom. The van der Waals surface area contributed by atoms with Gasteiger partial charge in [0, 0.05) is 18.2 Å². The average Bonchev–Trinajstić information content (AvgIpc) is 2.14. The van der Waals surface area contributed by atoms with E-state index < -0.39 is 5.82 Å². The molecule has 1 amide bonds. The Labute approximate surface area is 101 Å². The molecule has 0 aliphatic carbocycles. The van der Waals surface area contributed by atoms with Crippen molar-refractivity contribution in [1.29, 1.82) is 0 Å². The van der Waals surface area contributed by atoms with Crippen molar-refractivity contribution in [3.8, 4) is 5.75 Å². The van der Waals surface area contributed by atoms with Gasteiger partial charge in [-0.1, -0.05) is 20.8 Å². The van der Waals surface area contributed by atoms with Crippen LogP contribution in [0.3, 0.4) is 0 Å². The number of amides is 1. The highest BCUT2D eigenvalue weighted by atomic mass is 19.1. The van der Waals surface area contributed by atoms with Gasteiger partial charge < -0.3 is 10.1 Å². The highest BCUT2D eigenvalue weighted by Gasteiger charge is 2.16. The third-order valence-electron chi connectivity index (χ3n) is 2.13. The number of anilines is 1. The lowest BCUT2D eigenvalue weighted by Crippen LogP contribution is -2.19. The van der Waals surface area contributed by atoms with Crippen LogP contribution in [0.25, 0.3) is 0 Å². The molecular formula is C13H18FNO2. The number of carbonyl (C=O) groups is 1. The summed E-state index contributed by atoms with van der Waals surface area (Å²) in [6.45, 7) is 5.92. The molecule has 1 N–H and O–H groups in total. The quantitative estimate of drug-likeness (QED) is 0.879. The maximum atomic E-state index is 13.4. The molecule has 0 atom stereocenters. The van der Waals surface area contributed by atoms with Crippen molar-refractivity contribution in [1.82, 2.24) is 0 Å². The zero-order chi connectivity index (χ0) is 13.1. The Bertz CT molecular complexity index is 410. The number of hydrogen-bond donors (Lipinski definition) is 1.